The van der Waals surface area contributed by atoms with Crippen LogP contribution in [0.4, 0.5) is 5.69 Å². The molecule has 1 aromatic heterocycles. The zero-order valence-corrected chi connectivity index (χ0v) is 18.3. The third kappa shape index (κ3) is 4.58. The second-order valence-corrected chi connectivity index (χ2v) is 8.74. The van der Waals surface area contributed by atoms with E-state index in [2.05, 4.69) is 14.9 Å². The van der Waals surface area contributed by atoms with E-state index >= 15 is 0 Å². The van der Waals surface area contributed by atoms with Crippen molar-refractivity contribution in [1.82, 2.24) is 14.4 Å². The van der Waals surface area contributed by atoms with Gasteiger partial charge >= 0.3 is 0 Å². The Morgan fingerprint density at radius 2 is 1.57 bits per heavy atom. The number of aromatic nitrogens is 1. The smallest absolute Gasteiger partial charge is 0.220 e. The maximum atomic E-state index is 10.7. The molecule has 0 atom stereocenters. The van der Waals surface area contributed by atoms with E-state index in [0.717, 1.165) is 44.8 Å². The first-order chi connectivity index (χ1) is 14.7. The molecule has 7 nitrogen and oxygen atoms in total. The summed E-state index contributed by atoms with van der Waals surface area (Å²) in [6.07, 6.45) is 7.59. The SMILES string of the molecule is N=Nc1c(O)n(CCN2CCCCC2)c2ccc(OCCN3CCCCC3)c(Cl)c12. The van der Waals surface area contributed by atoms with Crippen LogP contribution >= 0.6 is 11.6 Å². The molecular formula is C22H32ClN5O2. The lowest BCUT2D eigenvalue weighted by Crippen LogP contribution is -2.33. The van der Waals surface area contributed by atoms with Gasteiger partial charge in [-0.2, -0.15) is 5.11 Å². The van der Waals surface area contributed by atoms with Crippen LogP contribution in [-0.4, -0.2) is 65.3 Å². The van der Waals surface area contributed by atoms with Crippen molar-refractivity contribution in [3.8, 4) is 11.6 Å². The summed E-state index contributed by atoms with van der Waals surface area (Å²) in [6.45, 7) is 7.42. The Morgan fingerprint density at radius 1 is 0.933 bits per heavy atom. The van der Waals surface area contributed by atoms with Gasteiger partial charge in [0.15, 0.2) is 5.69 Å². The minimum Gasteiger partial charge on any atom is -0.493 e. The Bertz CT molecular complexity index is 872. The Kier molecular flexibility index (Phi) is 7.12. The topological polar surface area (TPSA) is 77.1 Å². The number of benzene rings is 1. The fourth-order valence-electron chi connectivity index (χ4n) is 4.69. The van der Waals surface area contributed by atoms with Gasteiger partial charge < -0.3 is 19.3 Å². The summed E-state index contributed by atoms with van der Waals surface area (Å²) < 4.78 is 7.80. The average Bonchev–Trinajstić information content (AvgIpc) is 3.06. The molecule has 4 rings (SSSR count). The minimum absolute atomic E-state index is 0.00405. The van der Waals surface area contributed by atoms with Crippen molar-refractivity contribution in [2.24, 2.45) is 5.11 Å². The molecule has 0 radical (unpaired) electrons. The summed E-state index contributed by atoms with van der Waals surface area (Å²) >= 11 is 6.66. The van der Waals surface area contributed by atoms with Crippen molar-refractivity contribution < 1.29 is 9.84 Å². The van der Waals surface area contributed by atoms with Gasteiger partial charge in [0.1, 0.15) is 12.4 Å². The number of nitrogens with zero attached hydrogens (tertiary/aromatic N) is 4. The van der Waals surface area contributed by atoms with Crippen LogP contribution in [0.15, 0.2) is 17.2 Å². The maximum Gasteiger partial charge on any atom is 0.220 e. The highest BCUT2D eigenvalue weighted by atomic mass is 35.5. The summed E-state index contributed by atoms with van der Waals surface area (Å²) in [5.74, 6) is 0.587. The second kappa shape index (κ2) is 9.98. The van der Waals surface area contributed by atoms with E-state index in [9.17, 15) is 5.11 Å². The number of aromatic hydroxyl groups is 1. The maximum absolute atomic E-state index is 10.7. The first-order valence-electron chi connectivity index (χ1n) is 11.2. The predicted molar refractivity (Wildman–Crippen MR) is 119 cm³/mol. The third-order valence-corrected chi connectivity index (χ3v) is 6.77. The molecule has 0 spiro atoms. The largest absolute Gasteiger partial charge is 0.493 e. The van der Waals surface area contributed by atoms with Crippen molar-refractivity contribution in [2.45, 2.75) is 45.1 Å². The van der Waals surface area contributed by atoms with E-state index < -0.39 is 0 Å². The van der Waals surface area contributed by atoms with Crippen LogP contribution in [0.1, 0.15) is 38.5 Å². The van der Waals surface area contributed by atoms with E-state index in [1.807, 2.05) is 16.7 Å². The zero-order valence-electron chi connectivity index (χ0n) is 17.6. The van der Waals surface area contributed by atoms with Crippen LogP contribution in [0.5, 0.6) is 11.6 Å². The van der Waals surface area contributed by atoms with Crippen molar-refractivity contribution >= 4 is 28.2 Å². The molecule has 30 heavy (non-hydrogen) atoms. The van der Waals surface area contributed by atoms with Crippen LogP contribution in [0, 0.1) is 5.53 Å². The Labute approximate surface area is 183 Å². The molecule has 0 saturated carbocycles. The van der Waals surface area contributed by atoms with E-state index in [1.54, 1.807) is 0 Å². The molecule has 0 amide bonds. The molecule has 0 unspecified atom stereocenters. The molecule has 2 aliphatic heterocycles. The normalized spacial score (nSPS) is 18.7. The van der Waals surface area contributed by atoms with Crippen molar-refractivity contribution in [2.75, 3.05) is 45.9 Å². The Morgan fingerprint density at radius 3 is 2.20 bits per heavy atom. The monoisotopic (exact) mass is 433 g/mol. The van der Waals surface area contributed by atoms with Crippen LogP contribution in [-0.2, 0) is 6.54 Å². The molecule has 2 saturated heterocycles. The molecule has 3 heterocycles. The van der Waals surface area contributed by atoms with Gasteiger partial charge in [0.2, 0.25) is 5.88 Å². The molecule has 1 aromatic carbocycles. The first-order valence-corrected chi connectivity index (χ1v) is 11.6. The van der Waals surface area contributed by atoms with Crippen LogP contribution in [0.2, 0.25) is 5.02 Å². The molecule has 164 valence electrons. The van der Waals surface area contributed by atoms with Gasteiger partial charge in [0.05, 0.1) is 15.9 Å². The first kappa shape index (κ1) is 21.4. The third-order valence-electron chi connectivity index (χ3n) is 6.39. The quantitative estimate of drug-likeness (QED) is 0.573. The van der Waals surface area contributed by atoms with Crippen LogP contribution in [0.25, 0.3) is 10.9 Å². The lowest BCUT2D eigenvalue weighted by Gasteiger charge is -2.26. The molecule has 2 aromatic rings. The number of hydrogen-bond acceptors (Lipinski definition) is 6. The number of hydrogen-bond donors (Lipinski definition) is 2. The van der Waals surface area contributed by atoms with E-state index in [4.69, 9.17) is 21.9 Å². The highest BCUT2D eigenvalue weighted by Gasteiger charge is 2.22. The molecule has 2 fully saturated rings. The fourth-order valence-corrected chi connectivity index (χ4v) is 4.99. The van der Waals surface area contributed by atoms with E-state index in [0.29, 0.717) is 29.3 Å². The average molecular weight is 434 g/mol. The number of rotatable bonds is 8. The van der Waals surface area contributed by atoms with Crippen molar-refractivity contribution in [3.63, 3.8) is 0 Å². The van der Waals surface area contributed by atoms with Gasteiger partial charge in [-0.3, -0.25) is 4.90 Å². The van der Waals surface area contributed by atoms with Gasteiger partial charge in [-0.05, 0) is 64.0 Å². The molecule has 0 bridgehead atoms. The minimum atomic E-state index is 0.00405. The summed E-state index contributed by atoms with van der Waals surface area (Å²) in [6, 6.07) is 3.79. The highest BCUT2D eigenvalue weighted by molar-refractivity contribution is 6.38. The number of nitrogens with one attached hydrogen (secondary N) is 1. The van der Waals surface area contributed by atoms with Crippen molar-refractivity contribution in [1.29, 1.82) is 5.53 Å². The number of likely N-dealkylation sites (tertiary alicyclic amines) is 2. The Hall–Kier alpha value is -1.83. The lowest BCUT2D eigenvalue weighted by atomic mass is 10.1. The van der Waals surface area contributed by atoms with Gasteiger partial charge in [-0.1, -0.05) is 24.4 Å². The number of piperidine rings is 2. The van der Waals surface area contributed by atoms with Crippen LogP contribution < -0.4 is 4.74 Å². The van der Waals surface area contributed by atoms with Gasteiger partial charge in [-0.25, -0.2) is 5.53 Å². The lowest BCUT2D eigenvalue weighted by molar-refractivity contribution is 0.183. The number of halogens is 1. The van der Waals surface area contributed by atoms with Gasteiger partial charge in [0.25, 0.3) is 0 Å². The van der Waals surface area contributed by atoms with Crippen molar-refractivity contribution in [3.05, 3.63) is 17.2 Å². The summed E-state index contributed by atoms with van der Waals surface area (Å²) in [5.41, 5.74) is 8.60. The fraction of sp³-hybridized carbons (Fsp3) is 0.636. The summed E-state index contributed by atoms with van der Waals surface area (Å²) in [7, 11) is 0. The van der Waals surface area contributed by atoms with E-state index in [1.165, 1.54) is 38.5 Å². The highest BCUT2D eigenvalue weighted by Crippen LogP contribution is 2.45. The Balaban J connectivity index is 1.50. The summed E-state index contributed by atoms with van der Waals surface area (Å²) in [5, 5.41) is 15.3. The number of ether oxygens (including phenoxy) is 1. The standard InChI is InChI=1S/C22H32ClN5O2/c23-20-18(30-16-15-27-11-5-2-6-12-27)8-7-17-19(20)21(25-24)22(29)28(17)14-13-26-9-3-1-4-10-26/h7-8,24,29H,1-6,9-16H2. The molecule has 2 N–H and O–H groups in total. The second-order valence-electron chi connectivity index (χ2n) is 8.36. The number of fused-ring (bicyclic) bond motifs is 1. The molecule has 2 aliphatic rings. The van der Waals surface area contributed by atoms with Crippen LogP contribution in [0.3, 0.4) is 0 Å². The molecular weight excluding hydrogens is 402 g/mol. The predicted octanol–water partition coefficient (Wildman–Crippen LogP) is 5.01. The molecule has 8 heteroatoms. The van der Waals surface area contributed by atoms with E-state index in [-0.39, 0.29) is 11.6 Å². The van der Waals surface area contributed by atoms with Gasteiger partial charge in [0, 0.05) is 19.6 Å². The van der Waals surface area contributed by atoms with Gasteiger partial charge in [-0.15, -0.1) is 0 Å². The zero-order chi connectivity index (χ0) is 20.9. The molecule has 0 aliphatic carbocycles. The summed E-state index contributed by atoms with van der Waals surface area (Å²) in [4.78, 5) is 4.84.